The van der Waals surface area contributed by atoms with Crippen molar-refractivity contribution in [3.63, 3.8) is 0 Å². The van der Waals surface area contributed by atoms with Crippen LogP contribution in [0.5, 0.6) is 5.75 Å². The van der Waals surface area contributed by atoms with Crippen molar-refractivity contribution in [2.45, 2.75) is 39.0 Å². The van der Waals surface area contributed by atoms with Crippen molar-refractivity contribution in [2.24, 2.45) is 5.92 Å². The number of rotatable bonds is 10. The summed E-state index contributed by atoms with van der Waals surface area (Å²) in [5.41, 5.74) is 1.64. The number of amides is 2. The fourth-order valence-corrected chi connectivity index (χ4v) is 3.87. The number of hydrogen-bond acceptors (Lipinski definition) is 4. The molecule has 7 heteroatoms. The first-order chi connectivity index (χ1) is 15.9. The van der Waals surface area contributed by atoms with Gasteiger partial charge in [-0.2, -0.15) is 0 Å². The molecule has 0 spiro atoms. The van der Waals surface area contributed by atoms with Gasteiger partial charge in [0.15, 0.2) is 6.61 Å². The highest BCUT2D eigenvalue weighted by Crippen LogP contribution is 2.19. The van der Waals surface area contributed by atoms with Crippen molar-refractivity contribution in [2.75, 3.05) is 26.2 Å². The molecule has 1 aliphatic heterocycles. The number of ether oxygens (including phenoxy) is 1. The summed E-state index contributed by atoms with van der Waals surface area (Å²) in [7, 11) is 0. The minimum atomic E-state index is -0.260. The van der Waals surface area contributed by atoms with Gasteiger partial charge in [-0.15, -0.1) is 0 Å². The Morgan fingerprint density at radius 1 is 1.03 bits per heavy atom. The van der Waals surface area contributed by atoms with E-state index in [1.165, 1.54) is 6.07 Å². The summed E-state index contributed by atoms with van der Waals surface area (Å²) in [6.45, 7) is 2.94. The number of Topliss-reactive ketones (excluding diaryl/α,β-unsaturated/α-hetero) is 1. The molecule has 1 saturated heterocycles. The summed E-state index contributed by atoms with van der Waals surface area (Å²) in [4.78, 5) is 37.7. The van der Waals surface area contributed by atoms with Crippen LogP contribution < -0.4 is 10.1 Å². The van der Waals surface area contributed by atoms with Gasteiger partial charge in [-0.1, -0.05) is 30.3 Å². The first-order valence-electron chi connectivity index (χ1n) is 11.4. The molecule has 0 radical (unpaired) electrons. The van der Waals surface area contributed by atoms with Gasteiger partial charge in [0, 0.05) is 32.0 Å². The molecule has 2 aromatic rings. The third-order valence-corrected chi connectivity index (χ3v) is 5.92. The van der Waals surface area contributed by atoms with Crippen LogP contribution in [0, 0.1) is 11.7 Å². The number of carbonyl (C=O) groups is 3. The normalized spacial score (nSPS) is 14.1. The number of hydrogen-bond donors (Lipinski definition) is 1. The predicted octanol–water partition coefficient (Wildman–Crippen LogP) is 3.32. The first-order valence-corrected chi connectivity index (χ1v) is 11.4. The topological polar surface area (TPSA) is 75.7 Å². The number of benzene rings is 2. The third kappa shape index (κ3) is 7.70. The lowest BCUT2D eigenvalue weighted by molar-refractivity contribution is -0.137. The zero-order valence-electron chi connectivity index (χ0n) is 19.0. The molecule has 0 aromatic heterocycles. The van der Waals surface area contributed by atoms with Crippen molar-refractivity contribution >= 4 is 17.6 Å². The fraction of sp³-hybridized carbons (Fsp3) is 0.423. The van der Waals surface area contributed by atoms with Crippen molar-refractivity contribution in [3.05, 3.63) is 65.5 Å². The minimum Gasteiger partial charge on any atom is -0.484 e. The number of halogens is 1. The maximum absolute atomic E-state index is 13.7. The highest BCUT2D eigenvalue weighted by molar-refractivity contribution is 5.80. The van der Waals surface area contributed by atoms with E-state index in [4.69, 9.17) is 4.74 Å². The van der Waals surface area contributed by atoms with Crippen LogP contribution in [0.3, 0.4) is 0 Å². The van der Waals surface area contributed by atoms with E-state index in [1.807, 2.05) is 12.1 Å². The second-order valence-electron chi connectivity index (χ2n) is 8.42. The summed E-state index contributed by atoms with van der Waals surface area (Å²) < 4.78 is 19.3. The van der Waals surface area contributed by atoms with Crippen molar-refractivity contribution < 1.29 is 23.5 Å². The molecule has 0 unspecified atom stereocenters. The van der Waals surface area contributed by atoms with Gasteiger partial charge in [-0.05, 0) is 61.9 Å². The molecule has 33 heavy (non-hydrogen) atoms. The Bertz CT molecular complexity index is 953. The molecule has 1 aliphatic rings. The van der Waals surface area contributed by atoms with Crippen LogP contribution in [0.2, 0.25) is 0 Å². The lowest BCUT2D eigenvalue weighted by Gasteiger charge is -2.31. The number of aryl methyl sites for hydroxylation is 1. The average Bonchev–Trinajstić information content (AvgIpc) is 2.83. The van der Waals surface area contributed by atoms with Gasteiger partial charge in [0.2, 0.25) is 5.91 Å². The van der Waals surface area contributed by atoms with Gasteiger partial charge in [0.05, 0.1) is 0 Å². The van der Waals surface area contributed by atoms with Gasteiger partial charge >= 0.3 is 0 Å². The second kappa shape index (κ2) is 12.1. The molecule has 0 saturated carbocycles. The predicted molar refractivity (Wildman–Crippen MR) is 123 cm³/mol. The van der Waals surface area contributed by atoms with E-state index in [9.17, 15) is 18.8 Å². The molecule has 3 rings (SSSR count). The van der Waals surface area contributed by atoms with Crippen LogP contribution in [0.25, 0.3) is 0 Å². The quantitative estimate of drug-likeness (QED) is 0.598. The molecular formula is C26H31FN2O4. The molecule has 1 fully saturated rings. The lowest BCUT2D eigenvalue weighted by Crippen LogP contribution is -2.44. The van der Waals surface area contributed by atoms with E-state index < -0.39 is 0 Å². The Balaban J connectivity index is 1.35. The molecular weight excluding hydrogens is 423 g/mol. The number of nitrogens with zero attached hydrogens (tertiary/aromatic N) is 1. The Hall–Kier alpha value is -3.22. The highest BCUT2D eigenvalue weighted by Gasteiger charge is 2.27. The van der Waals surface area contributed by atoms with E-state index in [1.54, 1.807) is 42.2 Å². The van der Waals surface area contributed by atoms with Crippen LogP contribution in [0.4, 0.5) is 4.39 Å². The molecule has 6 nitrogen and oxygen atoms in total. The molecule has 2 amide bonds. The number of likely N-dealkylation sites (tertiary alicyclic amines) is 1. The SMILES string of the molecule is CC(=O)CCc1ccc(OCC(=O)N2CCC(C(=O)NCCc3ccccc3F)CC2)cc1. The summed E-state index contributed by atoms with van der Waals surface area (Å²) in [6, 6.07) is 14.0. The first kappa shape index (κ1) is 24.4. The van der Waals surface area contributed by atoms with Gasteiger partial charge in [-0.3, -0.25) is 9.59 Å². The van der Waals surface area contributed by atoms with Crippen molar-refractivity contribution in [1.29, 1.82) is 0 Å². The van der Waals surface area contributed by atoms with Crippen LogP contribution in [0.15, 0.2) is 48.5 Å². The fourth-order valence-electron chi connectivity index (χ4n) is 3.87. The number of piperidine rings is 1. The van der Waals surface area contributed by atoms with Gasteiger partial charge in [0.1, 0.15) is 17.3 Å². The van der Waals surface area contributed by atoms with E-state index in [-0.39, 0.29) is 35.9 Å². The molecule has 1 heterocycles. The molecule has 2 aromatic carbocycles. The van der Waals surface area contributed by atoms with E-state index in [0.29, 0.717) is 63.1 Å². The molecule has 176 valence electrons. The smallest absolute Gasteiger partial charge is 0.260 e. The van der Waals surface area contributed by atoms with Crippen molar-refractivity contribution in [3.8, 4) is 5.75 Å². The zero-order chi connectivity index (χ0) is 23.6. The molecule has 0 atom stereocenters. The summed E-state index contributed by atoms with van der Waals surface area (Å²) >= 11 is 0. The Kier molecular flexibility index (Phi) is 8.98. The lowest BCUT2D eigenvalue weighted by atomic mass is 9.96. The average molecular weight is 455 g/mol. The standard InChI is InChI=1S/C26H31FN2O4/c1-19(30)6-7-20-8-10-23(11-9-20)33-18-25(31)29-16-13-22(14-17-29)26(32)28-15-12-21-4-2-3-5-24(21)27/h2-5,8-11,22H,6-7,12-18H2,1H3,(H,28,32). The van der Waals surface area contributed by atoms with Crippen LogP contribution in [-0.4, -0.2) is 48.7 Å². The summed E-state index contributed by atoms with van der Waals surface area (Å²) in [6.07, 6.45) is 2.85. The van der Waals surface area contributed by atoms with Crippen LogP contribution >= 0.6 is 0 Å². The number of nitrogens with one attached hydrogen (secondary N) is 1. The summed E-state index contributed by atoms with van der Waals surface area (Å²) in [5.74, 6) is 0.222. The van der Waals surface area contributed by atoms with Gasteiger partial charge in [0.25, 0.3) is 5.91 Å². The maximum Gasteiger partial charge on any atom is 0.260 e. The minimum absolute atomic E-state index is 0.0421. The second-order valence-corrected chi connectivity index (χ2v) is 8.42. The Morgan fingerprint density at radius 2 is 1.73 bits per heavy atom. The van der Waals surface area contributed by atoms with E-state index in [2.05, 4.69) is 5.32 Å². The molecule has 0 aliphatic carbocycles. The highest BCUT2D eigenvalue weighted by atomic mass is 19.1. The van der Waals surface area contributed by atoms with Crippen LogP contribution in [0.1, 0.15) is 37.3 Å². The van der Waals surface area contributed by atoms with Crippen LogP contribution in [-0.2, 0) is 27.2 Å². The molecule has 0 bridgehead atoms. The maximum atomic E-state index is 13.7. The van der Waals surface area contributed by atoms with Gasteiger partial charge < -0.3 is 19.7 Å². The summed E-state index contributed by atoms with van der Waals surface area (Å²) in [5, 5.41) is 2.89. The number of carbonyl (C=O) groups excluding carboxylic acids is 3. The number of ketones is 1. The van der Waals surface area contributed by atoms with E-state index >= 15 is 0 Å². The zero-order valence-corrected chi connectivity index (χ0v) is 19.0. The van der Waals surface area contributed by atoms with Crippen molar-refractivity contribution in [1.82, 2.24) is 10.2 Å². The van der Waals surface area contributed by atoms with Gasteiger partial charge in [-0.25, -0.2) is 4.39 Å². The van der Waals surface area contributed by atoms with E-state index in [0.717, 1.165) is 5.56 Å². The monoisotopic (exact) mass is 454 g/mol. The largest absolute Gasteiger partial charge is 0.484 e. The Morgan fingerprint density at radius 3 is 2.39 bits per heavy atom. The Labute approximate surface area is 194 Å². The molecule has 1 N–H and O–H groups in total. The third-order valence-electron chi connectivity index (χ3n) is 5.92.